The van der Waals surface area contributed by atoms with E-state index in [0.29, 0.717) is 24.2 Å². The van der Waals surface area contributed by atoms with Gasteiger partial charge in [-0.15, -0.1) is 24.0 Å². The van der Waals surface area contributed by atoms with E-state index in [9.17, 15) is 0 Å². The van der Waals surface area contributed by atoms with Crippen LogP contribution in [0.15, 0.2) is 29.3 Å². The maximum atomic E-state index is 5.89. The average Bonchev–Trinajstić information content (AvgIpc) is 3.21. The summed E-state index contributed by atoms with van der Waals surface area (Å²) in [6.07, 6.45) is 6.59. The highest BCUT2D eigenvalue weighted by Crippen LogP contribution is 2.34. The Kier molecular flexibility index (Phi) is 8.00. The van der Waals surface area contributed by atoms with E-state index in [1.165, 1.54) is 24.0 Å². The Morgan fingerprint density at radius 3 is 2.56 bits per heavy atom. The fourth-order valence-corrected chi connectivity index (χ4v) is 3.73. The van der Waals surface area contributed by atoms with Crippen molar-refractivity contribution in [2.75, 3.05) is 13.6 Å². The second-order valence-electron chi connectivity index (χ2n) is 7.36. The van der Waals surface area contributed by atoms with Gasteiger partial charge in [0.2, 0.25) is 0 Å². The number of aliphatic imine (C=N–C) groups is 1. The van der Waals surface area contributed by atoms with E-state index >= 15 is 0 Å². The Balaban J connectivity index is 0.00000225. The normalized spacial score (nSPS) is 25.1. The lowest BCUT2D eigenvalue weighted by atomic mass is 9.96. The third kappa shape index (κ3) is 5.58. The van der Waals surface area contributed by atoms with Crippen LogP contribution in [-0.4, -0.2) is 37.8 Å². The SMILES string of the molecule is CN=C(NCCCc1ccc(C(C)C)cc1)NC1CC2CCC1O2.I. The first-order valence-corrected chi connectivity index (χ1v) is 9.37. The van der Waals surface area contributed by atoms with Gasteiger partial charge in [-0.2, -0.15) is 0 Å². The van der Waals surface area contributed by atoms with Gasteiger partial charge in [0.1, 0.15) is 0 Å². The van der Waals surface area contributed by atoms with Crippen LogP contribution in [-0.2, 0) is 11.2 Å². The largest absolute Gasteiger partial charge is 0.373 e. The molecule has 1 aromatic carbocycles. The topological polar surface area (TPSA) is 45.7 Å². The van der Waals surface area contributed by atoms with Crippen molar-refractivity contribution < 1.29 is 4.74 Å². The first-order valence-electron chi connectivity index (χ1n) is 9.37. The Bertz CT molecular complexity index is 559. The zero-order valence-corrected chi connectivity index (χ0v) is 18.0. The number of hydrogen-bond acceptors (Lipinski definition) is 2. The second-order valence-corrected chi connectivity index (χ2v) is 7.36. The molecule has 0 spiro atoms. The van der Waals surface area contributed by atoms with Crippen molar-refractivity contribution >= 4 is 29.9 Å². The van der Waals surface area contributed by atoms with Crippen LogP contribution in [0.2, 0.25) is 0 Å². The number of nitrogens with one attached hydrogen (secondary N) is 2. The number of nitrogens with zero attached hydrogens (tertiary/aromatic N) is 1. The second kappa shape index (κ2) is 9.76. The summed E-state index contributed by atoms with van der Waals surface area (Å²) in [7, 11) is 1.84. The summed E-state index contributed by atoms with van der Waals surface area (Å²) >= 11 is 0. The number of guanidine groups is 1. The predicted octanol–water partition coefficient (Wildman–Crippen LogP) is 3.85. The van der Waals surface area contributed by atoms with E-state index in [1.54, 1.807) is 0 Å². The van der Waals surface area contributed by atoms with Gasteiger partial charge in [0.15, 0.2) is 5.96 Å². The molecule has 0 aliphatic carbocycles. The number of rotatable bonds is 6. The molecule has 2 bridgehead atoms. The summed E-state index contributed by atoms with van der Waals surface area (Å²) in [6.45, 7) is 5.41. The quantitative estimate of drug-likeness (QED) is 0.295. The summed E-state index contributed by atoms with van der Waals surface area (Å²) in [5.74, 6) is 1.51. The summed E-state index contributed by atoms with van der Waals surface area (Å²) in [5.41, 5.74) is 2.82. The maximum Gasteiger partial charge on any atom is 0.191 e. The van der Waals surface area contributed by atoms with Gasteiger partial charge in [-0.25, -0.2) is 0 Å². The zero-order chi connectivity index (χ0) is 16.9. The van der Waals surface area contributed by atoms with Crippen LogP contribution < -0.4 is 10.6 Å². The Hall–Kier alpha value is -0.820. The lowest BCUT2D eigenvalue weighted by Crippen LogP contribution is -2.47. The van der Waals surface area contributed by atoms with E-state index in [2.05, 4.69) is 53.7 Å². The molecule has 2 heterocycles. The van der Waals surface area contributed by atoms with E-state index < -0.39 is 0 Å². The lowest BCUT2D eigenvalue weighted by Gasteiger charge is -2.22. The monoisotopic (exact) mass is 457 g/mol. The number of halogens is 1. The number of ether oxygens (including phenoxy) is 1. The van der Waals surface area contributed by atoms with Crippen molar-refractivity contribution in [1.29, 1.82) is 0 Å². The molecule has 2 saturated heterocycles. The van der Waals surface area contributed by atoms with Crippen LogP contribution in [0, 0.1) is 0 Å². The van der Waals surface area contributed by atoms with E-state index in [1.807, 2.05) is 7.05 Å². The first kappa shape index (κ1) is 20.5. The number of fused-ring (bicyclic) bond motifs is 2. The smallest absolute Gasteiger partial charge is 0.191 e. The molecule has 2 N–H and O–H groups in total. The minimum atomic E-state index is 0. The van der Waals surface area contributed by atoms with E-state index in [4.69, 9.17) is 4.74 Å². The zero-order valence-electron chi connectivity index (χ0n) is 15.6. The Labute approximate surface area is 169 Å². The van der Waals surface area contributed by atoms with Crippen LogP contribution in [0.4, 0.5) is 0 Å². The average molecular weight is 457 g/mol. The molecule has 3 unspecified atom stereocenters. The number of aryl methyl sites for hydroxylation is 1. The molecule has 2 aliphatic rings. The van der Waals surface area contributed by atoms with E-state index in [-0.39, 0.29) is 24.0 Å². The summed E-state index contributed by atoms with van der Waals surface area (Å²) in [6, 6.07) is 9.45. The van der Waals surface area contributed by atoms with Crippen LogP contribution in [0.1, 0.15) is 56.6 Å². The van der Waals surface area contributed by atoms with Crippen molar-refractivity contribution in [3.8, 4) is 0 Å². The fourth-order valence-electron chi connectivity index (χ4n) is 3.73. The van der Waals surface area contributed by atoms with Gasteiger partial charge in [-0.05, 0) is 49.1 Å². The van der Waals surface area contributed by atoms with E-state index in [0.717, 1.165) is 31.8 Å². The number of benzene rings is 1. The van der Waals surface area contributed by atoms with Crippen LogP contribution >= 0.6 is 24.0 Å². The van der Waals surface area contributed by atoms with Gasteiger partial charge >= 0.3 is 0 Å². The summed E-state index contributed by atoms with van der Waals surface area (Å²) < 4.78 is 5.89. The van der Waals surface area contributed by atoms with Crippen molar-refractivity contribution in [3.05, 3.63) is 35.4 Å². The van der Waals surface area contributed by atoms with Crippen molar-refractivity contribution in [2.24, 2.45) is 4.99 Å². The third-order valence-corrected chi connectivity index (χ3v) is 5.23. The molecule has 0 amide bonds. The highest BCUT2D eigenvalue weighted by atomic mass is 127. The van der Waals surface area contributed by atoms with Crippen molar-refractivity contribution in [2.45, 2.75) is 70.1 Å². The Morgan fingerprint density at radius 2 is 2.00 bits per heavy atom. The highest BCUT2D eigenvalue weighted by molar-refractivity contribution is 14.0. The third-order valence-electron chi connectivity index (χ3n) is 5.23. The summed E-state index contributed by atoms with van der Waals surface area (Å²) in [5, 5.41) is 6.97. The van der Waals surface area contributed by atoms with Gasteiger partial charge in [-0.3, -0.25) is 4.99 Å². The minimum Gasteiger partial charge on any atom is -0.373 e. The molecule has 0 radical (unpaired) electrons. The van der Waals surface area contributed by atoms with Crippen molar-refractivity contribution in [1.82, 2.24) is 10.6 Å². The number of hydrogen-bond donors (Lipinski definition) is 2. The molecular formula is C20H32IN3O. The maximum absolute atomic E-state index is 5.89. The van der Waals surface area contributed by atoms with Gasteiger partial charge < -0.3 is 15.4 Å². The van der Waals surface area contributed by atoms with Gasteiger partial charge in [0.25, 0.3) is 0 Å². The molecule has 3 rings (SSSR count). The fraction of sp³-hybridized carbons (Fsp3) is 0.650. The molecule has 5 heteroatoms. The molecule has 4 nitrogen and oxygen atoms in total. The minimum absolute atomic E-state index is 0. The van der Waals surface area contributed by atoms with Crippen LogP contribution in [0.3, 0.4) is 0 Å². The molecule has 1 aromatic rings. The predicted molar refractivity (Wildman–Crippen MR) is 115 cm³/mol. The molecule has 3 atom stereocenters. The molecule has 0 aromatic heterocycles. The van der Waals surface area contributed by atoms with Gasteiger partial charge in [0.05, 0.1) is 18.2 Å². The molecule has 140 valence electrons. The molecule has 0 saturated carbocycles. The summed E-state index contributed by atoms with van der Waals surface area (Å²) in [4.78, 5) is 4.35. The van der Waals surface area contributed by atoms with Gasteiger partial charge in [-0.1, -0.05) is 38.1 Å². The molecular weight excluding hydrogens is 425 g/mol. The highest BCUT2D eigenvalue weighted by Gasteiger charge is 2.41. The Morgan fingerprint density at radius 1 is 1.24 bits per heavy atom. The van der Waals surface area contributed by atoms with Gasteiger partial charge in [0, 0.05) is 13.6 Å². The molecule has 2 aliphatic heterocycles. The van der Waals surface area contributed by atoms with Crippen LogP contribution in [0.5, 0.6) is 0 Å². The molecule has 25 heavy (non-hydrogen) atoms. The molecule has 2 fully saturated rings. The first-order chi connectivity index (χ1) is 11.7. The standard InChI is InChI=1S/C20H31N3O.HI/c1-14(2)16-8-6-15(7-9-16)5-4-12-22-20(21-3)23-18-13-17-10-11-19(18)24-17;/h6-9,14,17-19H,4-5,10-13H2,1-3H3,(H2,21,22,23);1H. The van der Waals surface area contributed by atoms with Crippen LogP contribution in [0.25, 0.3) is 0 Å². The van der Waals surface area contributed by atoms with Crippen molar-refractivity contribution in [3.63, 3.8) is 0 Å². The lowest BCUT2D eigenvalue weighted by molar-refractivity contribution is 0.0992.